The van der Waals surface area contributed by atoms with E-state index in [9.17, 15) is 9.90 Å². The van der Waals surface area contributed by atoms with Crippen LogP contribution in [-0.4, -0.2) is 16.6 Å². The Labute approximate surface area is 202 Å². The molecule has 1 unspecified atom stereocenters. The summed E-state index contributed by atoms with van der Waals surface area (Å²) in [5, 5.41) is 14.2. The summed E-state index contributed by atoms with van der Waals surface area (Å²) in [6.07, 6.45) is 15.7. The maximum Gasteiger partial charge on any atom is 0.329 e. The number of rotatable bonds is 6. The average Bonchev–Trinajstić information content (AvgIpc) is 3.43. The minimum absolute atomic E-state index is 0.0394. The smallest absolute Gasteiger partial charge is 0.329 e. The Hall–Kier alpha value is -2.26. The van der Waals surface area contributed by atoms with Crippen molar-refractivity contribution in [1.29, 1.82) is 0 Å². The van der Waals surface area contributed by atoms with Crippen molar-refractivity contribution in [3.8, 4) is 0 Å². The fourth-order valence-electron chi connectivity index (χ4n) is 6.75. The van der Waals surface area contributed by atoms with Crippen LogP contribution in [0.1, 0.15) is 68.9 Å². The van der Waals surface area contributed by atoms with Crippen LogP contribution in [0.15, 0.2) is 60.7 Å². The van der Waals surface area contributed by atoms with Crippen LogP contribution in [0.25, 0.3) is 0 Å². The second-order valence-electron chi connectivity index (χ2n) is 10.5. The number of carboxylic acids is 1. The van der Waals surface area contributed by atoms with E-state index in [0.29, 0.717) is 23.8 Å². The summed E-state index contributed by atoms with van der Waals surface area (Å²) < 4.78 is 0. The molecule has 0 bridgehead atoms. The predicted molar refractivity (Wildman–Crippen MR) is 135 cm³/mol. The zero-order valence-electron chi connectivity index (χ0n) is 19.2. The molecule has 3 aliphatic carbocycles. The van der Waals surface area contributed by atoms with E-state index in [0.717, 1.165) is 30.9 Å². The van der Waals surface area contributed by atoms with Crippen molar-refractivity contribution in [2.45, 2.75) is 75.2 Å². The van der Waals surface area contributed by atoms with Crippen molar-refractivity contribution < 1.29 is 9.90 Å². The Morgan fingerprint density at radius 3 is 2.55 bits per heavy atom. The molecule has 0 aliphatic heterocycles. The molecule has 0 amide bonds. The van der Waals surface area contributed by atoms with Crippen molar-refractivity contribution in [2.75, 3.05) is 5.32 Å². The van der Waals surface area contributed by atoms with E-state index >= 15 is 0 Å². The number of hydrogen-bond acceptors (Lipinski definition) is 2. The third-order valence-electron chi connectivity index (χ3n) is 8.63. The topological polar surface area (TPSA) is 49.3 Å². The van der Waals surface area contributed by atoms with Crippen molar-refractivity contribution in [2.24, 2.45) is 11.8 Å². The SMILES string of the molecule is O=C(O)C1(Nc2cccc(Cl)c2)CCC2(CC1)c1ccccc1CC2/C=C/CC1CCCC1. The van der Waals surface area contributed by atoms with Gasteiger partial charge in [-0.2, -0.15) is 0 Å². The molecule has 33 heavy (non-hydrogen) atoms. The number of fused-ring (bicyclic) bond motifs is 2. The van der Waals surface area contributed by atoms with Gasteiger partial charge in [0, 0.05) is 16.1 Å². The van der Waals surface area contributed by atoms with E-state index in [2.05, 4.69) is 41.7 Å². The van der Waals surface area contributed by atoms with Gasteiger partial charge in [-0.1, -0.05) is 79.8 Å². The summed E-state index contributed by atoms with van der Waals surface area (Å²) in [5.41, 5.74) is 2.75. The van der Waals surface area contributed by atoms with Crippen LogP contribution < -0.4 is 5.32 Å². The van der Waals surface area contributed by atoms with Gasteiger partial charge in [0.15, 0.2) is 0 Å². The van der Waals surface area contributed by atoms with E-state index in [1.807, 2.05) is 24.3 Å². The molecule has 0 radical (unpaired) electrons. The number of anilines is 1. The quantitative estimate of drug-likeness (QED) is 0.439. The van der Waals surface area contributed by atoms with Crippen LogP contribution in [-0.2, 0) is 16.6 Å². The molecule has 2 aromatic carbocycles. The van der Waals surface area contributed by atoms with Gasteiger partial charge in [0.2, 0.25) is 0 Å². The zero-order chi connectivity index (χ0) is 22.9. The molecule has 2 saturated carbocycles. The molecule has 2 fully saturated rings. The zero-order valence-corrected chi connectivity index (χ0v) is 20.0. The molecule has 0 aromatic heterocycles. The minimum atomic E-state index is -0.953. The van der Waals surface area contributed by atoms with Crippen LogP contribution in [0.5, 0.6) is 0 Å². The molecule has 5 rings (SSSR count). The van der Waals surface area contributed by atoms with Crippen molar-refractivity contribution >= 4 is 23.3 Å². The molecule has 2 N–H and O–H groups in total. The Balaban J connectivity index is 1.39. The highest BCUT2D eigenvalue weighted by atomic mass is 35.5. The molecular weight excluding hydrogens is 430 g/mol. The van der Waals surface area contributed by atoms with Gasteiger partial charge in [-0.25, -0.2) is 4.79 Å². The summed E-state index contributed by atoms with van der Waals surface area (Å²) in [6.45, 7) is 0. The fourth-order valence-corrected chi connectivity index (χ4v) is 6.94. The second kappa shape index (κ2) is 9.18. The van der Waals surface area contributed by atoms with Gasteiger partial charge in [0.1, 0.15) is 5.54 Å². The highest BCUT2D eigenvalue weighted by molar-refractivity contribution is 6.30. The Morgan fingerprint density at radius 2 is 1.82 bits per heavy atom. The van der Waals surface area contributed by atoms with Gasteiger partial charge < -0.3 is 10.4 Å². The Morgan fingerprint density at radius 1 is 1.06 bits per heavy atom. The van der Waals surface area contributed by atoms with E-state index in [4.69, 9.17) is 11.6 Å². The van der Waals surface area contributed by atoms with Crippen LogP contribution in [0.3, 0.4) is 0 Å². The fraction of sp³-hybridized carbons (Fsp3) is 0.483. The number of carboxylic acid groups (broad SMARTS) is 1. The molecule has 1 atom stereocenters. The minimum Gasteiger partial charge on any atom is -0.480 e. The number of benzene rings is 2. The molecule has 2 aromatic rings. The molecule has 3 nitrogen and oxygen atoms in total. The van der Waals surface area contributed by atoms with Crippen LogP contribution in [0, 0.1) is 11.8 Å². The predicted octanol–water partition coefficient (Wildman–Crippen LogP) is 7.40. The third-order valence-corrected chi connectivity index (χ3v) is 8.86. The van der Waals surface area contributed by atoms with Crippen LogP contribution in [0.4, 0.5) is 5.69 Å². The lowest BCUT2D eigenvalue weighted by atomic mass is 9.61. The number of hydrogen-bond donors (Lipinski definition) is 2. The van der Waals surface area contributed by atoms with Gasteiger partial charge in [-0.05, 0) is 79.7 Å². The summed E-state index contributed by atoms with van der Waals surface area (Å²) >= 11 is 6.16. The third kappa shape index (κ3) is 4.33. The first-order chi connectivity index (χ1) is 16.0. The molecule has 1 spiro atoms. The number of halogens is 1. The Bertz CT molecular complexity index is 1030. The standard InChI is InChI=1S/C29H34ClNO2/c30-24-12-6-13-25(20-24)31-29(27(32)33)17-15-28(16-18-29)23(11-5-9-21-7-1-2-8-21)19-22-10-3-4-14-26(22)28/h3-6,10-14,20-21,23,31H,1-2,7-9,15-19H2,(H,32,33)/b11-5+. The van der Waals surface area contributed by atoms with E-state index in [1.54, 1.807) is 0 Å². The van der Waals surface area contributed by atoms with E-state index < -0.39 is 11.5 Å². The molecule has 0 heterocycles. The number of carbonyl (C=O) groups is 1. The van der Waals surface area contributed by atoms with Crippen molar-refractivity contribution in [3.63, 3.8) is 0 Å². The van der Waals surface area contributed by atoms with Crippen LogP contribution in [0.2, 0.25) is 5.02 Å². The molecule has 0 saturated heterocycles. The second-order valence-corrected chi connectivity index (χ2v) is 10.9. The first-order valence-corrected chi connectivity index (χ1v) is 12.9. The Kier molecular flexibility index (Phi) is 6.26. The highest BCUT2D eigenvalue weighted by Crippen LogP contribution is 2.55. The van der Waals surface area contributed by atoms with Crippen molar-refractivity contribution in [1.82, 2.24) is 0 Å². The average molecular weight is 464 g/mol. The molecule has 174 valence electrons. The lowest BCUT2D eigenvalue weighted by Gasteiger charge is -2.46. The summed E-state index contributed by atoms with van der Waals surface area (Å²) in [5.74, 6) is 0.542. The number of nitrogens with one attached hydrogen (secondary N) is 1. The molecule has 3 aliphatic rings. The highest BCUT2D eigenvalue weighted by Gasteiger charge is 2.53. The first-order valence-electron chi connectivity index (χ1n) is 12.5. The van der Waals surface area contributed by atoms with Gasteiger partial charge in [-0.15, -0.1) is 0 Å². The van der Waals surface area contributed by atoms with E-state index in [-0.39, 0.29) is 5.41 Å². The molecule has 4 heteroatoms. The summed E-state index contributed by atoms with van der Waals surface area (Å²) in [4.78, 5) is 12.5. The molecular formula is C29H34ClNO2. The normalized spacial score (nSPS) is 29.5. The van der Waals surface area contributed by atoms with Gasteiger partial charge in [0.05, 0.1) is 0 Å². The lowest BCUT2D eigenvalue weighted by molar-refractivity contribution is -0.144. The monoisotopic (exact) mass is 463 g/mol. The number of allylic oxidation sites excluding steroid dienone is 2. The van der Waals surface area contributed by atoms with Crippen molar-refractivity contribution in [3.05, 3.63) is 76.8 Å². The van der Waals surface area contributed by atoms with Crippen LogP contribution >= 0.6 is 11.6 Å². The summed E-state index contributed by atoms with van der Waals surface area (Å²) in [7, 11) is 0. The maximum absolute atomic E-state index is 12.5. The largest absolute Gasteiger partial charge is 0.480 e. The van der Waals surface area contributed by atoms with E-state index in [1.165, 1.54) is 43.2 Å². The number of aliphatic carboxylic acids is 1. The lowest BCUT2D eigenvalue weighted by Crippen LogP contribution is -2.52. The summed E-state index contributed by atoms with van der Waals surface area (Å²) in [6, 6.07) is 16.2. The van der Waals surface area contributed by atoms with Gasteiger partial charge in [0.25, 0.3) is 0 Å². The van der Waals surface area contributed by atoms with Gasteiger partial charge >= 0.3 is 5.97 Å². The first kappa shape index (κ1) is 22.5. The van der Waals surface area contributed by atoms with Gasteiger partial charge in [-0.3, -0.25) is 0 Å². The maximum atomic E-state index is 12.5.